The van der Waals surface area contributed by atoms with Crippen molar-refractivity contribution in [3.8, 4) is 0 Å². The van der Waals surface area contributed by atoms with Crippen LogP contribution in [-0.2, 0) is 4.74 Å². The van der Waals surface area contributed by atoms with Crippen molar-refractivity contribution < 1.29 is 4.74 Å². The lowest BCUT2D eigenvalue weighted by atomic mass is 10.0. The number of rotatable bonds is 9. The Morgan fingerprint density at radius 1 is 1.10 bits per heavy atom. The Morgan fingerprint density at radius 3 is 2.20 bits per heavy atom. The van der Waals surface area contributed by atoms with Crippen molar-refractivity contribution in [2.24, 2.45) is 16.8 Å². The highest BCUT2D eigenvalue weighted by Gasteiger charge is 2.12. The molecule has 0 spiro atoms. The first-order chi connectivity index (χ1) is 9.01. The van der Waals surface area contributed by atoms with E-state index in [4.69, 9.17) is 4.74 Å². The largest absolute Gasteiger partial charge is 0.378 e. The normalized spacial score (nSPS) is 13.3. The number of aliphatic imine (C=N–C) groups is 1. The van der Waals surface area contributed by atoms with E-state index >= 15 is 0 Å². The van der Waals surface area contributed by atoms with Crippen molar-refractivity contribution in [2.45, 2.75) is 54.1 Å². The quantitative estimate of drug-likeness (QED) is 0.355. The van der Waals surface area contributed by atoms with E-state index in [1.165, 1.54) is 0 Å². The molecule has 0 aliphatic heterocycles. The zero-order valence-electron chi connectivity index (χ0n) is 14.0. The van der Waals surface area contributed by atoms with E-state index < -0.39 is 0 Å². The van der Waals surface area contributed by atoms with Crippen molar-refractivity contribution in [1.82, 2.24) is 10.6 Å². The van der Waals surface area contributed by atoms with Gasteiger partial charge in [0.2, 0.25) is 0 Å². The second-order valence-corrected chi connectivity index (χ2v) is 5.57. The molecular weight excluding hydrogens is 365 g/mol. The Bertz CT molecular complexity index is 245. The van der Waals surface area contributed by atoms with E-state index in [2.05, 4.69) is 57.2 Å². The van der Waals surface area contributed by atoms with E-state index in [1.54, 1.807) is 0 Å². The van der Waals surface area contributed by atoms with Crippen LogP contribution in [0.5, 0.6) is 0 Å². The molecule has 2 N–H and O–H groups in total. The summed E-state index contributed by atoms with van der Waals surface area (Å²) in [7, 11) is 0. The second kappa shape index (κ2) is 13.9. The predicted molar refractivity (Wildman–Crippen MR) is 99.1 cm³/mol. The molecule has 0 rings (SSSR count). The van der Waals surface area contributed by atoms with Gasteiger partial charge in [0.05, 0.1) is 6.10 Å². The Hall–Kier alpha value is -0.0400. The minimum absolute atomic E-state index is 0. The van der Waals surface area contributed by atoms with Crippen molar-refractivity contribution in [3.05, 3.63) is 0 Å². The summed E-state index contributed by atoms with van der Waals surface area (Å²) in [6.45, 7) is 16.3. The van der Waals surface area contributed by atoms with E-state index in [1.807, 2.05) is 0 Å². The smallest absolute Gasteiger partial charge is 0.191 e. The number of hydrogen-bond donors (Lipinski definition) is 2. The van der Waals surface area contributed by atoms with Gasteiger partial charge in [-0.25, -0.2) is 0 Å². The van der Waals surface area contributed by atoms with Crippen molar-refractivity contribution in [3.63, 3.8) is 0 Å². The van der Waals surface area contributed by atoms with Crippen molar-refractivity contribution >= 4 is 29.9 Å². The van der Waals surface area contributed by atoms with Gasteiger partial charge in [0.15, 0.2) is 5.96 Å². The second-order valence-electron chi connectivity index (χ2n) is 5.57. The molecule has 0 fully saturated rings. The van der Waals surface area contributed by atoms with Crippen LogP contribution >= 0.6 is 24.0 Å². The van der Waals surface area contributed by atoms with Crippen molar-refractivity contribution in [2.75, 3.05) is 26.2 Å². The van der Waals surface area contributed by atoms with Crippen LogP contribution in [-0.4, -0.2) is 38.3 Å². The Morgan fingerprint density at radius 2 is 1.75 bits per heavy atom. The number of ether oxygens (including phenoxy) is 1. The highest BCUT2D eigenvalue weighted by atomic mass is 127. The van der Waals surface area contributed by atoms with Crippen LogP contribution in [0.4, 0.5) is 0 Å². The minimum Gasteiger partial charge on any atom is -0.378 e. The molecule has 0 aliphatic carbocycles. The molecule has 0 amide bonds. The summed E-state index contributed by atoms with van der Waals surface area (Å²) in [6.07, 6.45) is 1.34. The van der Waals surface area contributed by atoms with Crippen LogP contribution < -0.4 is 10.6 Å². The molecule has 1 atom stereocenters. The third kappa shape index (κ3) is 11.8. The molecule has 0 bridgehead atoms. The fraction of sp³-hybridized carbons (Fsp3) is 0.933. The number of halogens is 1. The highest BCUT2D eigenvalue weighted by molar-refractivity contribution is 14.0. The molecule has 0 aliphatic rings. The van der Waals surface area contributed by atoms with Crippen LogP contribution in [0.2, 0.25) is 0 Å². The summed E-state index contributed by atoms with van der Waals surface area (Å²) < 4.78 is 5.74. The van der Waals surface area contributed by atoms with Gasteiger partial charge in [0.1, 0.15) is 0 Å². The first-order valence-corrected chi connectivity index (χ1v) is 7.64. The number of nitrogens with zero attached hydrogens (tertiary/aromatic N) is 1. The maximum Gasteiger partial charge on any atom is 0.191 e. The van der Waals surface area contributed by atoms with Gasteiger partial charge in [-0.05, 0) is 32.1 Å². The summed E-state index contributed by atoms with van der Waals surface area (Å²) in [4.78, 5) is 4.55. The molecule has 122 valence electrons. The van der Waals surface area contributed by atoms with E-state index in [0.717, 1.165) is 38.6 Å². The first kappa shape index (κ1) is 22.2. The average molecular weight is 399 g/mol. The van der Waals surface area contributed by atoms with Gasteiger partial charge >= 0.3 is 0 Å². The first-order valence-electron chi connectivity index (χ1n) is 7.64. The monoisotopic (exact) mass is 399 g/mol. The predicted octanol–water partition coefficient (Wildman–Crippen LogP) is 3.27. The number of guanidine groups is 1. The lowest BCUT2D eigenvalue weighted by Gasteiger charge is -2.21. The molecular formula is C15H34IN3O. The molecule has 0 saturated carbocycles. The lowest BCUT2D eigenvalue weighted by molar-refractivity contribution is 0.0258. The Labute approximate surface area is 142 Å². The summed E-state index contributed by atoms with van der Waals surface area (Å²) >= 11 is 0. The average Bonchev–Trinajstić information content (AvgIpc) is 2.34. The van der Waals surface area contributed by atoms with Crippen LogP contribution in [0.3, 0.4) is 0 Å². The fourth-order valence-electron chi connectivity index (χ4n) is 1.77. The van der Waals surface area contributed by atoms with Crippen LogP contribution in [0.15, 0.2) is 4.99 Å². The molecule has 0 aromatic rings. The fourth-order valence-corrected chi connectivity index (χ4v) is 1.77. The molecule has 0 heterocycles. The Kier molecular flexibility index (Phi) is 15.5. The topological polar surface area (TPSA) is 45.7 Å². The zero-order chi connectivity index (χ0) is 14.7. The molecule has 0 aromatic carbocycles. The molecule has 0 aromatic heterocycles. The number of nitrogens with one attached hydrogen (secondary N) is 2. The van der Waals surface area contributed by atoms with Gasteiger partial charge in [-0.3, -0.25) is 4.99 Å². The van der Waals surface area contributed by atoms with Crippen LogP contribution in [0, 0.1) is 11.8 Å². The van der Waals surface area contributed by atoms with Crippen molar-refractivity contribution in [1.29, 1.82) is 0 Å². The van der Waals surface area contributed by atoms with Gasteiger partial charge in [-0.2, -0.15) is 0 Å². The van der Waals surface area contributed by atoms with Gasteiger partial charge in [-0.15, -0.1) is 24.0 Å². The molecule has 20 heavy (non-hydrogen) atoms. The SMILES string of the molecule is CCNC(=NCC(C)C)NCCC(OCC)C(C)C.I. The van der Waals surface area contributed by atoms with E-state index in [-0.39, 0.29) is 24.0 Å². The third-order valence-corrected chi connectivity index (χ3v) is 2.80. The summed E-state index contributed by atoms with van der Waals surface area (Å²) in [5.74, 6) is 2.05. The van der Waals surface area contributed by atoms with Gasteiger partial charge < -0.3 is 15.4 Å². The Balaban J connectivity index is 0. The molecule has 0 radical (unpaired) electrons. The molecule has 1 unspecified atom stereocenters. The third-order valence-electron chi connectivity index (χ3n) is 2.80. The summed E-state index contributed by atoms with van der Waals surface area (Å²) in [5.41, 5.74) is 0. The number of hydrogen-bond acceptors (Lipinski definition) is 2. The molecule has 5 heteroatoms. The highest BCUT2D eigenvalue weighted by Crippen LogP contribution is 2.09. The van der Waals surface area contributed by atoms with E-state index in [9.17, 15) is 0 Å². The summed E-state index contributed by atoms with van der Waals surface area (Å²) in [6, 6.07) is 0. The minimum atomic E-state index is 0. The van der Waals surface area contributed by atoms with Gasteiger partial charge in [0.25, 0.3) is 0 Å². The maximum absolute atomic E-state index is 5.74. The molecule has 4 nitrogen and oxygen atoms in total. The standard InChI is InChI=1S/C15H33N3O.HI/c1-7-16-15(18-11-12(3)4)17-10-9-14(13(5)6)19-8-2;/h12-14H,7-11H2,1-6H3,(H2,16,17,18);1H. The lowest BCUT2D eigenvalue weighted by Crippen LogP contribution is -2.39. The zero-order valence-corrected chi connectivity index (χ0v) is 16.4. The van der Waals surface area contributed by atoms with Crippen LogP contribution in [0.25, 0.3) is 0 Å². The van der Waals surface area contributed by atoms with Gasteiger partial charge in [-0.1, -0.05) is 27.7 Å². The van der Waals surface area contributed by atoms with Gasteiger partial charge in [0, 0.05) is 26.2 Å². The van der Waals surface area contributed by atoms with Crippen LogP contribution in [0.1, 0.15) is 48.0 Å². The maximum atomic E-state index is 5.74. The van der Waals surface area contributed by atoms with E-state index in [0.29, 0.717) is 17.9 Å². The summed E-state index contributed by atoms with van der Waals surface area (Å²) in [5, 5.41) is 6.65. The molecule has 0 saturated heterocycles.